The van der Waals surface area contributed by atoms with Crippen LogP contribution in [0.4, 0.5) is 5.69 Å². The van der Waals surface area contributed by atoms with Gasteiger partial charge in [0.15, 0.2) is 0 Å². The zero-order valence-corrected chi connectivity index (χ0v) is 14.5. The van der Waals surface area contributed by atoms with Crippen LogP contribution < -0.4 is 9.30 Å². The van der Waals surface area contributed by atoms with Gasteiger partial charge < -0.3 is 16.4 Å². The molecule has 1 aromatic carbocycles. The van der Waals surface area contributed by atoms with Gasteiger partial charge in [0.2, 0.25) is 0 Å². The molecule has 0 aliphatic heterocycles. The fourth-order valence-corrected chi connectivity index (χ4v) is 2.12. The summed E-state index contributed by atoms with van der Waals surface area (Å²) in [7, 11) is 5.80. The van der Waals surface area contributed by atoms with Gasteiger partial charge in [-0.1, -0.05) is 0 Å². The van der Waals surface area contributed by atoms with Crippen molar-refractivity contribution in [3.63, 3.8) is 0 Å². The third-order valence-corrected chi connectivity index (χ3v) is 3.35. The quantitative estimate of drug-likeness (QED) is 0.596. The molecule has 20 heavy (non-hydrogen) atoms. The molecule has 0 aliphatic rings. The molecule has 7 heteroatoms. The summed E-state index contributed by atoms with van der Waals surface area (Å²) < 4.78 is 1.20. The largest absolute Gasteiger partial charge is 0.412 e. The van der Waals surface area contributed by atoms with Crippen LogP contribution >= 0.6 is 0 Å². The zero-order valence-electron chi connectivity index (χ0n) is 12.4. The first-order valence-electron chi connectivity index (χ1n) is 5.65. The van der Waals surface area contributed by atoms with Crippen LogP contribution in [-0.4, -0.2) is 71.4 Å². The first-order chi connectivity index (χ1) is 7.91. The molecular weight excluding hydrogens is 321 g/mol. The summed E-state index contributed by atoms with van der Waals surface area (Å²) >= 11 is 2.04. The van der Waals surface area contributed by atoms with Gasteiger partial charge in [-0.15, -0.1) is 0 Å². The second kappa shape index (κ2) is 10.8. The van der Waals surface area contributed by atoms with Crippen LogP contribution in [0.25, 0.3) is 0 Å². The Labute approximate surface area is 128 Å². The molecule has 0 saturated carbocycles. The average Bonchev–Trinajstić information content (AvgIpc) is 2.27. The molecule has 1 rings (SSSR count). The maximum Gasteiger partial charge on any atom is -0.412 e. The van der Waals surface area contributed by atoms with Gasteiger partial charge >= 0.3 is 112 Å². The molecule has 0 fully saturated rings. The van der Waals surface area contributed by atoms with E-state index in [1.165, 1.54) is 4.40 Å². The van der Waals surface area contributed by atoms with Gasteiger partial charge in [-0.25, -0.2) is 0 Å². The molecule has 1 aromatic rings. The number of nitrogens with zero attached hydrogens (tertiary/aromatic N) is 2. The van der Waals surface area contributed by atoms with Gasteiger partial charge in [-0.3, -0.25) is 0 Å². The Hall–Kier alpha value is -0.927. The minimum absolute atomic E-state index is 0. The van der Waals surface area contributed by atoms with Crippen molar-refractivity contribution in [2.75, 3.05) is 32.6 Å². The van der Waals surface area contributed by atoms with Crippen LogP contribution in [0.5, 0.6) is 0 Å². The van der Waals surface area contributed by atoms with E-state index in [2.05, 4.69) is 0 Å². The molecule has 0 saturated heterocycles. The number of carbonyl (C=O) groups is 1. The Morgan fingerprint density at radius 2 is 1.55 bits per heavy atom. The molecule has 115 valence electrons. The summed E-state index contributed by atoms with van der Waals surface area (Å²) in [5.74, 6) is 0.166. The third-order valence-electron chi connectivity index (χ3n) is 2.65. The number of hydrogen-bond acceptors (Lipinski definition) is 2. The predicted molar refractivity (Wildman–Crippen MR) is 83.8 cm³/mol. The molecular formula is C13H25GeN2O4. The Bertz CT molecular complexity index is 384. The van der Waals surface area contributed by atoms with Gasteiger partial charge in [0, 0.05) is 0 Å². The maximum absolute atomic E-state index is 12.2. The van der Waals surface area contributed by atoms with Crippen LogP contribution in [0.15, 0.2) is 24.3 Å². The zero-order chi connectivity index (χ0) is 13.0. The van der Waals surface area contributed by atoms with Crippen LogP contribution in [0, 0.1) is 5.92 Å². The second-order valence-electron chi connectivity index (χ2n) is 4.61. The van der Waals surface area contributed by atoms with Gasteiger partial charge in [-0.05, 0) is 0 Å². The van der Waals surface area contributed by atoms with Gasteiger partial charge in [0.05, 0.1) is 0 Å². The molecule has 0 spiro atoms. The number of carbonyl (C=O) groups excluding carboxylic acids is 1. The van der Waals surface area contributed by atoms with E-state index in [9.17, 15) is 4.79 Å². The van der Waals surface area contributed by atoms with Crippen molar-refractivity contribution in [3.05, 3.63) is 24.3 Å². The number of rotatable bonds is 4. The Kier molecular flexibility index (Phi) is 13.0. The van der Waals surface area contributed by atoms with Crippen molar-refractivity contribution in [2.45, 2.75) is 6.92 Å². The van der Waals surface area contributed by atoms with E-state index in [1.807, 2.05) is 73.7 Å². The van der Waals surface area contributed by atoms with Crippen molar-refractivity contribution >= 4 is 32.5 Å². The van der Waals surface area contributed by atoms with E-state index in [0.717, 1.165) is 12.2 Å². The number of amides is 1. The monoisotopic (exact) mass is 347 g/mol. The molecule has 6 nitrogen and oxygen atoms in total. The molecule has 1 unspecified atom stereocenters. The predicted octanol–water partition coefficient (Wildman–Crippen LogP) is -1.83. The van der Waals surface area contributed by atoms with Crippen LogP contribution in [-0.2, 0) is 4.79 Å². The van der Waals surface area contributed by atoms with E-state index in [0.29, 0.717) is 0 Å². The average molecular weight is 346 g/mol. The first-order valence-corrected chi connectivity index (χ1v) is 6.70. The standard InChI is InChI=1S/C13H19GeN2O.3H2O/c1-10(9-15(2)3)13(17)16(4)12-7-5-11(14)6-8-12;;;/h5-8,10H,9H2,1-4H3;3*1H2. The second-order valence-corrected chi connectivity index (χ2v) is 5.82. The summed E-state index contributed by atoms with van der Waals surface area (Å²) in [6, 6.07) is 8.01. The smallest absolute Gasteiger partial charge is 0.412 e. The molecule has 1 amide bonds. The van der Waals surface area contributed by atoms with E-state index in [-0.39, 0.29) is 28.3 Å². The summed E-state index contributed by atoms with van der Waals surface area (Å²) in [4.78, 5) is 15.9. The summed E-state index contributed by atoms with van der Waals surface area (Å²) in [5, 5.41) is 0. The molecule has 0 bridgehead atoms. The minimum Gasteiger partial charge on any atom is -0.412 e. The summed E-state index contributed by atoms with van der Waals surface area (Å²) in [6.45, 7) is 2.74. The van der Waals surface area contributed by atoms with Crippen LogP contribution in [0.1, 0.15) is 6.92 Å². The van der Waals surface area contributed by atoms with Crippen molar-refractivity contribution in [1.82, 2.24) is 4.90 Å². The Morgan fingerprint density at radius 3 is 1.95 bits per heavy atom. The van der Waals surface area contributed by atoms with Crippen molar-refractivity contribution in [2.24, 2.45) is 5.92 Å². The number of hydrogen-bond donors (Lipinski definition) is 0. The summed E-state index contributed by atoms with van der Waals surface area (Å²) in [6.07, 6.45) is 0. The van der Waals surface area contributed by atoms with E-state index >= 15 is 0 Å². The van der Waals surface area contributed by atoms with Crippen molar-refractivity contribution in [1.29, 1.82) is 0 Å². The minimum atomic E-state index is 0. The summed E-state index contributed by atoms with van der Waals surface area (Å²) in [5.41, 5.74) is 0.950. The molecule has 0 aromatic heterocycles. The third kappa shape index (κ3) is 7.02. The number of benzene rings is 1. The van der Waals surface area contributed by atoms with Gasteiger partial charge in [0.1, 0.15) is 0 Å². The van der Waals surface area contributed by atoms with E-state index < -0.39 is 0 Å². The fraction of sp³-hybridized carbons (Fsp3) is 0.462. The van der Waals surface area contributed by atoms with E-state index in [4.69, 9.17) is 0 Å². The molecule has 0 heterocycles. The van der Waals surface area contributed by atoms with Crippen molar-refractivity contribution < 1.29 is 21.2 Å². The Morgan fingerprint density at radius 1 is 1.10 bits per heavy atom. The number of anilines is 1. The van der Waals surface area contributed by atoms with Crippen LogP contribution in [0.2, 0.25) is 0 Å². The molecule has 0 aliphatic carbocycles. The van der Waals surface area contributed by atoms with Crippen molar-refractivity contribution in [3.8, 4) is 0 Å². The van der Waals surface area contributed by atoms with E-state index in [1.54, 1.807) is 4.90 Å². The fourth-order valence-electron chi connectivity index (χ4n) is 1.77. The molecule has 3 radical (unpaired) electrons. The topological polar surface area (TPSA) is 118 Å². The molecule has 6 N–H and O–H groups in total. The van der Waals surface area contributed by atoms with Gasteiger partial charge in [0.25, 0.3) is 0 Å². The van der Waals surface area contributed by atoms with Crippen LogP contribution in [0.3, 0.4) is 0 Å². The van der Waals surface area contributed by atoms with Gasteiger partial charge in [-0.2, -0.15) is 0 Å². The maximum atomic E-state index is 12.2. The SMILES string of the molecule is CC(CN(C)C)C(=O)N(C)c1cc[c]([Ge])cc1.O.O.O. The Balaban J connectivity index is -0.000000963. The first kappa shape index (κ1) is 24.1. The molecule has 1 atom stereocenters. The normalized spacial score (nSPS) is 10.7.